The van der Waals surface area contributed by atoms with Crippen molar-refractivity contribution in [3.05, 3.63) is 24.2 Å². The largest absolute Gasteiger partial charge is 0.469 e. The number of guanidine groups is 1. The molecule has 2 heterocycles. The van der Waals surface area contributed by atoms with Crippen LogP contribution in [0.25, 0.3) is 0 Å². The molecule has 1 N–H and O–H groups in total. The average Bonchev–Trinajstić information content (AvgIpc) is 3.14. The van der Waals surface area contributed by atoms with Gasteiger partial charge in [-0.25, -0.2) is 0 Å². The van der Waals surface area contributed by atoms with Crippen molar-refractivity contribution >= 4 is 5.96 Å². The molecule has 1 unspecified atom stereocenters. The second-order valence-electron chi connectivity index (χ2n) is 5.61. The lowest BCUT2D eigenvalue weighted by Gasteiger charge is -2.29. The Balaban J connectivity index is 1.77. The van der Waals surface area contributed by atoms with E-state index in [-0.39, 0.29) is 0 Å². The molecule has 0 aromatic carbocycles. The molecule has 1 aromatic heterocycles. The van der Waals surface area contributed by atoms with E-state index < -0.39 is 0 Å². The number of furan rings is 1. The lowest BCUT2D eigenvalue weighted by atomic mass is 10.2. The molecule has 0 amide bonds. The van der Waals surface area contributed by atoms with Gasteiger partial charge in [-0.15, -0.1) is 0 Å². The summed E-state index contributed by atoms with van der Waals surface area (Å²) in [5.74, 6) is 1.97. The Bertz CT molecular complexity index is 429. The SMILES string of the molecule is CCN1CCCC1CN(C)C(=NC)NCCc1ccco1. The van der Waals surface area contributed by atoms with Crippen LogP contribution in [0.5, 0.6) is 0 Å². The quantitative estimate of drug-likeness (QED) is 0.641. The predicted molar refractivity (Wildman–Crippen MR) is 86.7 cm³/mol. The van der Waals surface area contributed by atoms with Crippen LogP contribution in [-0.2, 0) is 6.42 Å². The summed E-state index contributed by atoms with van der Waals surface area (Å²) in [4.78, 5) is 9.18. The van der Waals surface area contributed by atoms with Crippen molar-refractivity contribution < 1.29 is 4.42 Å². The van der Waals surface area contributed by atoms with E-state index in [2.05, 4.69) is 34.1 Å². The van der Waals surface area contributed by atoms with E-state index in [4.69, 9.17) is 4.42 Å². The Hall–Kier alpha value is -1.49. The van der Waals surface area contributed by atoms with Crippen LogP contribution in [0.2, 0.25) is 0 Å². The first kappa shape index (κ1) is 15.9. The summed E-state index contributed by atoms with van der Waals surface area (Å²) in [6.45, 7) is 6.50. The standard InChI is InChI=1S/C16H28N4O/c1-4-20-11-5-7-14(20)13-19(3)16(17-2)18-10-9-15-8-6-12-21-15/h6,8,12,14H,4-5,7,9-11,13H2,1-3H3,(H,17,18). The number of aliphatic imine (C=N–C) groups is 1. The summed E-state index contributed by atoms with van der Waals surface area (Å²) in [5, 5.41) is 3.41. The zero-order chi connectivity index (χ0) is 15.1. The molecule has 1 saturated heterocycles. The Labute approximate surface area is 128 Å². The van der Waals surface area contributed by atoms with Crippen LogP contribution in [0, 0.1) is 0 Å². The molecule has 1 aromatic rings. The number of nitrogens with zero attached hydrogens (tertiary/aromatic N) is 3. The molecule has 0 saturated carbocycles. The van der Waals surface area contributed by atoms with Crippen LogP contribution >= 0.6 is 0 Å². The van der Waals surface area contributed by atoms with Crippen LogP contribution in [0.3, 0.4) is 0 Å². The molecule has 0 bridgehead atoms. The number of likely N-dealkylation sites (tertiary alicyclic amines) is 1. The third-order valence-electron chi connectivity index (χ3n) is 4.20. The molecule has 1 fully saturated rings. The lowest BCUT2D eigenvalue weighted by Crippen LogP contribution is -2.46. The van der Waals surface area contributed by atoms with Gasteiger partial charge < -0.3 is 14.6 Å². The minimum absolute atomic E-state index is 0.656. The number of likely N-dealkylation sites (N-methyl/N-ethyl adjacent to an activating group) is 2. The van der Waals surface area contributed by atoms with Crippen LogP contribution < -0.4 is 5.32 Å². The van der Waals surface area contributed by atoms with Crippen molar-refractivity contribution in [2.24, 2.45) is 4.99 Å². The molecule has 5 heteroatoms. The highest BCUT2D eigenvalue weighted by molar-refractivity contribution is 5.79. The Morgan fingerprint density at radius 3 is 3.10 bits per heavy atom. The van der Waals surface area contributed by atoms with E-state index in [1.807, 2.05) is 19.2 Å². The van der Waals surface area contributed by atoms with Gasteiger partial charge in [0.05, 0.1) is 6.26 Å². The van der Waals surface area contributed by atoms with E-state index >= 15 is 0 Å². The van der Waals surface area contributed by atoms with Crippen molar-refractivity contribution in [3.63, 3.8) is 0 Å². The zero-order valence-corrected chi connectivity index (χ0v) is 13.5. The van der Waals surface area contributed by atoms with Gasteiger partial charge in [0.2, 0.25) is 0 Å². The lowest BCUT2D eigenvalue weighted by molar-refractivity contribution is 0.232. The fourth-order valence-electron chi connectivity index (χ4n) is 3.06. The first-order chi connectivity index (χ1) is 10.2. The maximum absolute atomic E-state index is 5.35. The Kier molecular flexibility index (Phi) is 6.11. The fourth-order valence-corrected chi connectivity index (χ4v) is 3.06. The van der Waals surface area contributed by atoms with Gasteiger partial charge in [0.25, 0.3) is 0 Å². The summed E-state index contributed by atoms with van der Waals surface area (Å²) < 4.78 is 5.35. The van der Waals surface area contributed by atoms with Gasteiger partial charge in [-0.2, -0.15) is 0 Å². The molecule has 118 valence electrons. The Morgan fingerprint density at radius 2 is 2.43 bits per heavy atom. The molecule has 2 rings (SSSR count). The summed E-state index contributed by atoms with van der Waals surface area (Å²) in [6, 6.07) is 4.59. The van der Waals surface area contributed by atoms with Crippen molar-refractivity contribution in [2.45, 2.75) is 32.2 Å². The summed E-state index contributed by atoms with van der Waals surface area (Å²) in [7, 11) is 3.96. The van der Waals surface area contributed by atoms with Crippen molar-refractivity contribution in [2.75, 3.05) is 40.3 Å². The monoisotopic (exact) mass is 292 g/mol. The van der Waals surface area contributed by atoms with Gasteiger partial charge in [0.1, 0.15) is 5.76 Å². The van der Waals surface area contributed by atoms with Crippen molar-refractivity contribution in [1.29, 1.82) is 0 Å². The van der Waals surface area contributed by atoms with E-state index in [1.54, 1.807) is 6.26 Å². The minimum atomic E-state index is 0.656. The highest BCUT2D eigenvalue weighted by Gasteiger charge is 2.24. The molecule has 1 atom stereocenters. The predicted octanol–water partition coefficient (Wildman–Crippen LogP) is 1.81. The second kappa shape index (κ2) is 8.08. The van der Waals surface area contributed by atoms with Gasteiger partial charge in [-0.05, 0) is 38.1 Å². The van der Waals surface area contributed by atoms with Gasteiger partial charge in [-0.3, -0.25) is 9.89 Å². The molecule has 0 radical (unpaired) electrons. The van der Waals surface area contributed by atoms with Crippen LogP contribution in [0.4, 0.5) is 0 Å². The number of nitrogens with one attached hydrogen (secondary N) is 1. The molecule has 21 heavy (non-hydrogen) atoms. The normalized spacial score (nSPS) is 20.0. The maximum atomic E-state index is 5.35. The summed E-state index contributed by atoms with van der Waals surface area (Å²) in [5.41, 5.74) is 0. The molecule has 1 aliphatic heterocycles. The topological polar surface area (TPSA) is 44.0 Å². The van der Waals surface area contributed by atoms with Crippen LogP contribution in [0.1, 0.15) is 25.5 Å². The van der Waals surface area contributed by atoms with Crippen molar-refractivity contribution in [1.82, 2.24) is 15.1 Å². The first-order valence-electron chi connectivity index (χ1n) is 7.92. The maximum Gasteiger partial charge on any atom is 0.193 e. The van der Waals surface area contributed by atoms with E-state index in [9.17, 15) is 0 Å². The average molecular weight is 292 g/mol. The third kappa shape index (κ3) is 4.49. The van der Waals surface area contributed by atoms with Gasteiger partial charge in [-0.1, -0.05) is 6.92 Å². The number of hydrogen-bond donors (Lipinski definition) is 1. The Morgan fingerprint density at radius 1 is 1.57 bits per heavy atom. The molecular formula is C16H28N4O. The molecule has 5 nitrogen and oxygen atoms in total. The summed E-state index contributed by atoms with van der Waals surface area (Å²) in [6.07, 6.45) is 5.21. The molecule has 0 aliphatic carbocycles. The summed E-state index contributed by atoms with van der Waals surface area (Å²) >= 11 is 0. The highest BCUT2D eigenvalue weighted by Crippen LogP contribution is 2.17. The minimum Gasteiger partial charge on any atom is -0.469 e. The second-order valence-corrected chi connectivity index (χ2v) is 5.61. The van der Waals surface area contributed by atoms with E-state index in [0.29, 0.717) is 6.04 Å². The smallest absolute Gasteiger partial charge is 0.193 e. The third-order valence-corrected chi connectivity index (χ3v) is 4.20. The molecular weight excluding hydrogens is 264 g/mol. The van der Waals surface area contributed by atoms with Crippen LogP contribution in [-0.4, -0.2) is 62.1 Å². The van der Waals surface area contributed by atoms with E-state index in [0.717, 1.165) is 37.8 Å². The van der Waals surface area contributed by atoms with Crippen LogP contribution in [0.15, 0.2) is 27.8 Å². The van der Waals surface area contributed by atoms with Gasteiger partial charge >= 0.3 is 0 Å². The molecule has 1 aliphatic rings. The van der Waals surface area contributed by atoms with Gasteiger partial charge in [0, 0.05) is 39.6 Å². The van der Waals surface area contributed by atoms with Crippen molar-refractivity contribution in [3.8, 4) is 0 Å². The number of hydrogen-bond acceptors (Lipinski definition) is 3. The zero-order valence-electron chi connectivity index (χ0n) is 13.5. The molecule has 0 spiro atoms. The highest BCUT2D eigenvalue weighted by atomic mass is 16.3. The number of rotatable bonds is 6. The van der Waals surface area contributed by atoms with E-state index in [1.165, 1.54) is 19.4 Å². The van der Waals surface area contributed by atoms with Gasteiger partial charge in [0.15, 0.2) is 5.96 Å². The first-order valence-corrected chi connectivity index (χ1v) is 7.92. The fraction of sp³-hybridized carbons (Fsp3) is 0.688.